The van der Waals surface area contributed by atoms with Gasteiger partial charge in [-0.15, -0.1) is 0 Å². The van der Waals surface area contributed by atoms with Crippen molar-refractivity contribution >= 4 is 21.6 Å². The molecule has 0 aliphatic carbocycles. The molecule has 0 bridgehead atoms. The summed E-state index contributed by atoms with van der Waals surface area (Å²) in [5, 5.41) is 0. The first kappa shape index (κ1) is 18.3. The molecule has 1 amide bonds. The molecule has 2 heterocycles. The van der Waals surface area contributed by atoms with Crippen molar-refractivity contribution in [2.45, 2.75) is 37.5 Å². The van der Waals surface area contributed by atoms with Crippen LogP contribution in [0.25, 0.3) is 0 Å². The minimum absolute atomic E-state index is 0.0338. The second-order valence-electron chi connectivity index (χ2n) is 6.55. The van der Waals surface area contributed by atoms with Gasteiger partial charge in [0, 0.05) is 25.7 Å². The molecule has 1 fully saturated rings. The number of rotatable bonds is 6. The van der Waals surface area contributed by atoms with Crippen LogP contribution in [0.15, 0.2) is 23.1 Å². The SMILES string of the molecule is CC(=O)N1CCc2cc(S(=O)(=O)NOCCN3CCCCC3)ccc21. The Balaban J connectivity index is 1.56. The Hall–Kier alpha value is -1.48. The fraction of sp³-hybridized carbons (Fsp3) is 0.588. The minimum Gasteiger partial charge on any atom is -0.312 e. The summed E-state index contributed by atoms with van der Waals surface area (Å²) in [6, 6.07) is 4.82. The smallest absolute Gasteiger partial charge is 0.262 e. The monoisotopic (exact) mass is 367 g/mol. The van der Waals surface area contributed by atoms with Crippen molar-refractivity contribution in [3.8, 4) is 0 Å². The fourth-order valence-corrected chi connectivity index (χ4v) is 4.28. The van der Waals surface area contributed by atoms with E-state index in [1.807, 2.05) is 0 Å². The molecule has 0 aromatic heterocycles. The largest absolute Gasteiger partial charge is 0.312 e. The molecule has 2 aliphatic rings. The van der Waals surface area contributed by atoms with Gasteiger partial charge in [0.05, 0.1) is 11.5 Å². The highest BCUT2D eigenvalue weighted by atomic mass is 32.2. The fourth-order valence-electron chi connectivity index (χ4n) is 3.40. The molecule has 3 rings (SSSR count). The maximum Gasteiger partial charge on any atom is 0.262 e. The highest BCUT2D eigenvalue weighted by Crippen LogP contribution is 2.30. The Morgan fingerprint density at radius 3 is 2.68 bits per heavy atom. The van der Waals surface area contributed by atoms with Gasteiger partial charge in [0.2, 0.25) is 5.91 Å². The van der Waals surface area contributed by atoms with Gasteiger partial charge < -0.3 is 9.80 Å². The van der Waals surface area contributed by atoms with E-state index in [2.05, 4.69) is 9.79 Å². The summed E-state index contributed by atoms with van der Waals surface area (Å²) in [5.74, 6) is -0.0338. The lowest BCUT2D eigenvalue weighted by Crippen LogP contribution is -2.35. The van der Waals surface area contributed by atoms with Crippen LogP contribution in [0.3, 0.4) is 0 Å². The molecule has 1 saturated heterocycles. The van der Waals surface area contributed by atoms with E-state index in [0.717, 1.165) is 30.9 Å². The maximum atomic E-state index is 12.4. The number of hydrogen-bond acceptors (Lipinski definition) is 5. The van der Waals surface area contributed by atoms with E-state index < -0.39 is 10.0 Å². The van der Waals surface area contributed by atoms with Crippen LogP contribution in [0.1, 0.15) is 31.7 Å². The van der Waals surface area contributed by atoms with Gasteiger partial charge >= 0.3 is 0 Å². The standard InChI is InChI=1S/C17H25N3O4S/c1-14(21)20-10-7-15-13-16(5-6-17(15)20)25(22,23)18-24-12-11-19-8-3-2-4-9-19/h5-6,13,18H,2-4,7-12H2,1H3. The number of piperidine rings is 1. The van der Waals surface area contributed by atoms with Crippen molar-refractivity contribution in [1.82, 2.24) is 9.79 Å². The summed E-state index contributed by atoms with van der Waals surface area (Å²) >= 11 is 0. The molecule has 1 aromatic rings. The predicted molar refractivity (Wildman–Crippen MR) is 94.7 cm³/mol. The Morgan fingerprint density at radius 1 is 1.20 bits per heavy atom. The number of fused-ring (bicyclic) bond motifs is 1. The number of anilines is 1. The second kappa shape index (κ2) is 7.82. The first-order valence-electron chi connectivity index (χ1n) is 8.74. The first-order valence-corrected chi connectivity index (χ1v) is 10.2. The van der Waals surface area contributed by atoms with Crippen LogP contribution >= 0.6 is 0 Å². The lowest BCUT2D eigenvalue weighted by atomic mass is 10.1. The number of benzene rings is 1. The van der Waals surface area contributed by atoms with E-state index >= 15 is 0 Å². The van der Waals surface area contributed by atoms with Crippen molar-refractivity contribution in [1.29, 1.82) is 0 Å². The average Bonchev–Trinajstić information content (AvgIpc) is 3.03. The zero-order valence-corrected chi connectivity index (χ0v) is 15.3. The molecule has 1 N–H and O–H groups in total. The van der Waals surface area contributed by atoms with Crippen LogP contribution in [-0.2, 0) is 26.1 Å². The Kier molecular flexibility index (Phi) is 5.73. The van der Waals surface area contributed by atoms with Crippen LogP contribution in [0.4, 0.5) is 5.69 Å². The lowest BCUT2D eigenvalue weighted by molar-refractivity contribution is -0.116. The summed E-state index contributed by atoms with van der Waals surface area (Å²) in [5.41, 5.74) is 1.66. The summed E-state index contributed by atoms with van der Waals surface area (Å²) in [7, 11) is -3.72. The first-order chi connectivity index (χ1) is 12.0. The van der Waals surface area contributed by atoms with Crippen LogP contribution in [0.2, 0.25) is 0 Å². The number of carbonyl (C=O) groups is 1. The van der Waals surface area contributed by atoms with Crippen LogP contribution in [-0.4, -0.2) is 52.0 Å². The normalized spacial score (nSPS) is 18.4. The van der Waals surface area contributed by atoms with Crippen molar-refractivity contribution < 1.29 is 18.0 Å². The topological polar surface area (TPSA) is 79.0 Å². The van der Waals surface area contributed by atoms with Crippen LogP contribution in [0, 0.1) is 0 Å². The molecule has 2 aliphatic heterocycles. The zero-order valence-electron chi connectivity index (χ0n) is 14.5. The van der Waals surface area contributed by atoms with Crippen molar-refractivity contribution in [3.05, 3.63) is 23.8 Å². The zero-order chi connectivity index (χ0) is 17.9. The van der Waals surface area contributed by atoms with Gasteiger partial charge in [-0.25, -0.2) is 8.42 Å². The number of nitrogens with zero attached hydrogens (tertiary/aromatic N) is 2. The number of carbonyl (C=O) groups excluding carboxylic acids is 1. The third-order valence-corrected chi connectivity index (χ3v) is 5.98. The van der Waals surface area contributed by atoms with Gasteiger partial charge in [-0.05, 0) is 56.1 Å². The van der Waals surface area contributed by atoms with E-state index in [9.17, 15) is 13.2 Å². The van der Waals surface area contributed by atoms with E-state index in [1.165, 1.54) is 32.3 Å². The molecule has 1 aromatic carbocycles. The van der Waals surface area contributed by atoms with E-state index in [0.29, 0.717) is 19.6 Å². The third-order valence-electron chi connectivity index (χ3n) is 4.76. The van der Waals surface area contributed by atoms with Gasteiger partial charge in [0.25, 0.3) is 10.0 Å². The van der Waals surface area contributed by atoms with Gasteiger partial charge in [-0.2, -0.15) is 0 Å². The van der Waals surface area contributed by atoms with Gasteiger partial charge in [-0.3, -0.25) is 9.63 Å². The Labute approximate surface area is 148 Å². The number of nitrogens with one attached hydrogen (secondary N) is 1. The molecule has 25 heavy (non-hydrogen) atoms. The predicted octanol–water partition coefficient (Wildman–Crippen LogP) is 1.29. The van der Waals surface area contributed by atoms with Gasteiger partial charge in [0.15, 0.2) is 0 Å². The lowest BCUT2D eigenvalue weighted by Gasteiger charge is -2.25. The van der Waals surface area contributed by atoms with Crippen molar-refractivity contribution in [3.63, 3.8) is 0 Å². The quantitative estimate of drug-likeness (QED) is 0.605. The summed E-state index contributed by atoms with van der Waals surface area (Å²) < 4.78 is 24.7. The molecule has 8 heteroatoms. The van der Waals surface area contributed by atoms with Gasteiger partial charge in [-0.1, -0.05) is 11.3 Å². The van der Waals surface area contributed by atoms with Gasteiger partial charge in [0.1, 0.15) is 0 Å². The number of hydrogen-bond donors (Lipinski definition) is 1. The van der Waals surface area contributed by atoms with E-state index in [1.54, 1.807) is 17.0 Å². The molecule has 138 valence electrons. The summed E-state index contributed by atoms with van der Waals surface area (Å²) in [6.45, 7) is 5.25. The molecular weight excluding hydrogens is 342 g/mol. The minimum atomic E-state index is -3.72. The number of amides is 1. The highest BCUT2D eigenvalue weighted by molar-refractivity contribution is 7.89. The van der Waals surface area contributed by atoms with Crippen LogP contribution in [0.5, 0.6) is 0 Å². The maximum absolute atomic E-state index is 12.4. The molecule has 0 spiro atoms. The number of sulfonamides is 1. The third kappa shape index (κ3) is 4.38. The molecule has 0 atom stereocenters. The highest BCUT2D eigenvalue weighted by Gasteiger charge is 2.25. The molecule has 0 unspecified atom stereocenters. The Morgan fingerprint density at radius 2 is 1.96 bits per heavy atom. The van der Waals surface area contributed by atoms with Crippen LogP contribution < -0.4 is 9.79 Å². The summed E-state index contributed by atoms with van der Waals surface area (Å²) in [4.78, 5) is 23.1. The molecular formula is C17H25N3O4S. The molecule has 0 saturated carbocycles. The number of likely N-dealkylation sites (tertiary alicyclic amines) is 1. The molecule has 7 nitrogen and oxygen atoms in total. The Bertz CT molecular complexity index is 729. The molecule has 0 radical (unpaired) electrons. The second-order valence-corrected chi connectivity index (χ2v) is 8.19. The van der Waals surface area contributed by atoms with Crippen molar-refractivity contribution in [2.75, 3.05) is 37.7 Å². The summed E-state index contributed by atoms with van der Waals surface area (Å²) in [6.07, 6.45) is 4.31. The average molecular weight is 367 g/mol. The van der Waals surface area contributed by atoms with E-state index in [-0.39, 0.29) is 10.8 Å². The van der Waals surface area contributed by atoms with E-state index in [4.69, 9.17) is 4.84 Å². The van der Waals surface area contributed by atoms with Crippen molar-refractivity contribution in [2.24, 2.45) is 0 Å².